The van der Waals surface area contributed by atoms with E-state index in [1.807, 2.05) is 0 Å². The molecule has 0 saturated heterocycles. The number of nitrogens with zero attached hydrogens (tertiary/aromatic N) is 1. The van der Waals surface area contributed by atoms with Crippen LogP contribution in [0.4, 0.5) is 0 Å². The molecule has 1 atom stereocenters. The number of nitrogens with two attached hydrogens (primary N) is 1. The Balaban J connectivity index is 4.58. The topological polar surface area (TPSA) is 87.5 Å². The van der Waals surface area contributed by atoms with Crippen molar-refractivity contribution < 1.29 is 9.59 Å². The quantitative estimate of drug-likeness (QED) is 0.178. The van der Waals surface area contributed by atoms with E-state index in [1.165, 1.54) is 0 Å². The lowest BCUT2D eigenvalue weighted by molar-refractivity contribution is -0.123. The fourth-order valence-corrected chi connectivity index (χ4v) is 5.69. The maximum atomic E-state index is 12.6. The van der Waals surface area contributed by atoms with Crippen LogP contribution in [0.2, 0.25) is 0 Å². The van der Waals surface area contributed by atoms with E-state index in [4.69, 9.17) is 5.73 Å². The molecule has 1 unspecified atom stereocenters. The molecule has 38 heavy (non-hydrogen) atoms. The summed E-state index contributed by atoms with van der Waals surface area (Å²) in [6.45, 7) is 31.3. The van der Waals surface area contributed by atoms with Crippen LogP contribution in [0.1, 0.15) is 128 Å². The van der Waals surface area contributed by atoms with Gasteiger partial charge in [0.05, 0.1) is 0 Å². The van der Waals surface area contributed by atoms with Crippen LogP contribution < -0.4 is 16.4 Å². The Labute approximate surface area is 237 Å². The highest BCUT2D eigenvalue weighted by Crippen LogP contribution is 2.35. The van der Waals surface area contributed by atoms with Crippen molar-refractivity contribution in [2.75, 3.05) is 39.3 Å². The van der Waals surface area contributed by atoms with Gasteiger partial charge in [-0.15, -0.1) is 0 Å². The van der Waals surface area contributed by atoms with Gasteiger partial charge in [0.15, 0.2) is 0 Å². The normalized spacial score (nSPS) is 14.9. The smallest absolute Gasteiger partial charge is 0.221 e. The number of amides is 2. The Hall–Kier alpha value is -1.14. The molecule has 2 amide bonds. The summed E-state index contributed by atoms with van der Waals surface area (Å²) in [6.07, 6.45) is 5.98. The van der Waals surface area contributed by atoms with Crippen LogP contribution >= 0.6 is 0 Å². The Morgan fingerprint density at radius 3 is 1.63 bits per heavy atom. The van der Waals surface area contributed by atoms with Gasteiger partial charge in [-0.25, -0.2) is 0 Å². The second-order valence-electron chi connectivity index (χ2n) is 15.8. The molecule has 0 spiro atoms. The molecule has 6 nitrogen and oxygen atoms in total. The van der Waals surface area contributed by atoms with Crippen LogP contribution in [0, 0.1) is 27.1 Å². The lowest BCUT2D eigenvalue weighted by Gasteiger charge is -2.34. The van der Waals surface area contributed by atoms with E-state index in [-0.39, 0.29) is 38.9 Å². The van der Waals surface area contributed by atoms with Gasteiger partial charge in [-0.2, -0.15) is 0 Å². The zero-order valence-corrected chi connectivity index (χ0v) is 27.5. The van der Waals surface area contributed by atoms with Crippen molar-refractivity contribution in [3.05, 3.63) is 0 Å². The summed E-state index contributed by atoms with van der Waals surface area (Å²) in [5, 5.41) is 6.32. The van der Waals surface area contributed by atoms with Crippen LogP contribution in [0.25, 0.3) is 0 Å². The highest BCUT2D eigenvalue weighted by Gasteiger charge is 2.29. The summed E-state index contributed by atoms with van der Waals surface area (Å²) < 4.78 is 0. The number of rotatable bonds is 19. The van der Waals surface area contributed by atoms with Crippen LogP contribution in [0.3, 0.4) is 0 Å². The molecular formula is C32H66N4O2. The molecule has 0 heterocycles. The first kappa shape index (κ1) is 36.9. The first-order valence-corrected chi connectivity index (χ1v) is 15.1. The van der Waals surface area contributed by atoms with Gasteiger partial charge in [0.2, 0.25) is 11.8 Å². The lowest BCUT2D eigenvalue weighted by Crippen LogP contribution is -2.39. The summed E-state index contributed by atoms with van der Waals surface area (Å²) in [4.78, 5) is 27.5. The summed E-state index contributed by atoms with van der Waals surface area (Å²) in [5.41, 5.74) is 6.75. The van der Waals surface area contributed by atoms with Crippen molar-refractivity contribution in [1.82, 2.24) is 15.5 Å². The molecule has 0 aliphatic heterocycles. The third-order valence-corrected chi connectivity index (χ3v) is 8.03. The van der Waals surface area contributed by atoms with Crippen LogP contribution in [-0.2, 0) is 9.59 Å². The van der Waals surface area contributed by atoms with Crippen molar-refractivity contribution in [2.24, 2.45) is 32.8 Å². The largest absolute Gasteiger partial charge is 0.356 e. The number of hydrogen-bond donors (Lipinski definition) is 3. The first-order chi connectivity index (χ1) is 17.2. The minimum Gasteiger partial charge on any atom is -0.356 e. The highest BCUT2D eigenvalue weighted by atomic mass is 16.2. The Kier molecular flexibility index (Phi) is 15.1. The Bertz CT molecular complexity index is 709. The molecule has 0 radical (unpaired) electrons. The summed E-state index contributed by atoms with van der Waals surface area (Å²) >= 11 is 0. The second-order valence-corrected chi connectivity index (χ2v) is 15.8. The number of carbonyl (C=O) groups is 2. The molecule has 226 valence electrons. The summed E-state index contributed by atoms with van der Waals surface area (Å²) in [6, 6.07) is 0. The third-order valence-electron chi connectivity index (χ3n) is 8.03. The maximum Gasteiger partial charge on any atom is 0.221 e. The van der Waals surface area contributed by atoms with E-state index in [2.05, 4.69) is 98.6 Å². The molecule has 0 aliphatic carbocycles. The predicted octanol–water partition coefficient (Wildman–Crippen LogP) is 6.38. The van der Waals surface area contributed by atoms with Gasteiger partial charge in [0.25, 0.3) is 0 Å². The van der Waals surface area contributed by atoms with E-state index in [0.717, 1.165) is 51.7 Å². The minimum absolute atomic E-state index is 0.0703. The van der Waals surface area contributed by atoms with Crippen molar-refractivity contribution in [3.63, 3.8) is 0 Å². The molecule has 0 aromatic heterocycles. The van der Waals surface area contributed by atoms with Gasteiger partial charge in [0, 0.05) is 32.5 Å². The number of nitrogens with one attached hydrogen (secondary N) is 2. The van der Waals surface area contributed by atoms with Crippen molar-refractivity contribution in [1.29, 1.82) is 0 Å². The van der Waals surface area contributed by atoms with E-state index in [1.54, 1.807) is 0 Å². The van der Waals surface area contributed by atoms with Gasteiger partial charge in [-0.05, 0) is 72.4 Å². The molecule has 6 heteroatoms. The lowest BCUT2D eigenvalue weighted by atomic mass is 9.73. The van der Waals surface area contributed by atoms with Gasteiger partial charge in [-0.3, -0.25) is 9.59 Å². The van der Waals surface area contributed by atoms with E-state index in [9.17, 15) is 9.59 Å². The third kappa shape index (κ3) is 17.4. The van der Waals surface area contributed by atoms with Gasteiger partial charge < -0.3 is 21.3 Å². The molecule has 0 aromatic rings. The van der Waals surface area contributed by atoms with Gasteiger partial charge >= 0.3 is 0 Å². The predicted molar refractivity (Wildman–Crippen MR) is 164 cm³/mol. The highest BCUT2D eigenvalue weighted by molar-refractivity contribution is 5.76. The summed E-state index contributed by atoms with van der Waals surface area (Å²) in [5.74, 6) is 0.236. The van der Waals surface area contributed by atoms with Crippen LogP contribution in [-0.4, -0.2) is 56.0 Å². The monoisotopic (exact) mass is 539 g/mol. The second kappa shape index (κ2) is 15.6. The SMILES string of the molecule is CCN(CCC(=O)NCC(C)(C)CC(C)(C)CC)CCC(C)(CN)CCC(=O)NCC(C)(C)CC(C)(C)C. The first-order valence-electron chi connectivity index (χ1n) is 15.1. The maximum absolute atomic E-state index is 12.6. The summed E-state index contributed by atoms with van der Waals surface area (Å²) in [7, 11) is 0. The number of hydrogen-bond acceptors (Lipinski definition) is 4. The molecule has 0 aromatic carbocycles. The standard InChI is InChI=1S/C32H66N4O2/c1-13-29(6,7)22-31(10,11)25-35-27(38)16-19-36(14-2)20-18-32(12,23-33)17-15-26(37)34-24-30(8,9)21-28(3,4)5/h13-25,33H2,1-12H3,(H,34,37)(H,35,38). The fourth-order valence-electron chi connectivity index (χ4n) is 5.69. The van der Waals surface area contributed by atoms with E-state index in [0.29, 0.717) is 32.5 Å². The molecule has 0 rings (SSSR count). The van der Waals surface area contributed by atoms with Crippen LogP contribution in [0.15, 0.2) is 0 Å². The zero-order valence-electron chi connectivity index (χ0n) is 27.5. The van der Waals surface area contributed by atoms with Crippen molar-refractivity contribution in [2.45, 2.75) is 128 Å². The average Bonchev–Trinajstić information content (AvgIpc) is 2.78. The van der Waals surface area contributed by atoms with E-state index < -0.39 is 0 Å². The fraction of sp³-hybridized carbons (Fsp3) is 0.938. The Morgan fingerprint density at radius 1 is 0.684 bits per heavy atom. The molecular weight excluding hydrogens is 472 g/mol. The van der Waals surface area contributed by atoms with Crippen LogP contribution in [0.5, 0.6) is 0 Å². The molecule has 0 fully saturated rings. The molecule has 4 N–H and O–H groups in total. The minimum atomic E-state index is -0.0932. The zero-order chi connectivity index (χ0) is 29.8. The molecule has 0 saturated carbocycles. The average molecular weight is 539 g/mol. The van der Waals surface area contributed by atoms with Gasteiger partial charge in [0.1, 0.15) is 0 Å². The van der Waals surface area contributed by atoms with Crippen molar-refractivity contribution in [3.8, 4) is 0 Å². The Morgan fingerprint density at radius 2 is 1.18 bits per heavy atom. The molecule has 0 bridgehead atoms. The number of carbonyl (C=O) groups excluding carboxylic acids is 2. The van der Waals surface area contributed by atoms with E-state index >= 15 is 0 Å². The molecule has 0 aliphatic rings. The van der Waals surface area contributed by atoms with Gasteiger partial charge in [-0.1, -0.05) is 89.5 Å². The van der Waals surface area contributed by atoms with Crippen molar-refractivity contribution >= 4 is 11.8 Å².